The highest BCUT2D eigenvalue weighted by Crippen LogP contribution is 2.19. The van der Waals surface area contributed by atoms with Crippen molar-refractivity contribution >= 4 is 0 Å². The number of nitrogens with one attached hydrogen (secondary N) is 1. The number of imidazole rings is 1. The molecule has 1 atom stereocenters. The zero-order valence-electron chi connectivity index (χ0n) is 11.0. The molecule has 3 rings (SSSR count). The van der Waals surface area contributed by atoms with Crippen LogP contribution in [0.4, 0.5) is 0 Å². The van der Waals surface area contributed by atoms with E-state index in [1.54, 1.807) is 7.11 Å². The molecule has 0 bridgehead atoms. The van der Waals surface area contributed by atoms with E-state index < -0.39 is 0 Å². The lowest BCUT2D eigenvalue weighted by Gasteiger charge is -2.34. The molecule has 1 fully saturated rings. The van der Waals surface area contributed by atoms with Crippen LogP contribution >= 0.6 is 0 Å². The van der Waals surface area contributed by atoms with Crippen LogP contribution in [0.15, 0.2) is 12.4 Å². The zero-order chi connectivity index (χ0) is 12.4. The van der Waals surface area contributed by atoms with Crippen LogP contribution in [0.3, 0.4) is 0 Å². The molecule has 2 heterocycles. The number of methoxy groups -OCH3 is 1. The lowest BCUT2D eigenvalue weighted by Crippen LogP contribution is -2.48. The quantitative estimate of drug-likeness (QED) is 0.797. The number of aromatic nitrogens is 2. The minimum atomic E-state index is 0.459. The fourth-order valence-corrected chi connectivity index (χ4v) is 2.58. The van der Waals surface area contributed by atoms with Crippen LogP contribution < -0.4 is 5.32 Å². The van der Waals surface area contributed by atoms with Crippen molar-refractivity contribution in [3.8, 4) is 0 Å². The van der Waals surface area contributed by atoms with Gasteiger partial charge in [-0.15, -0.1) is 0 Å². The summed E-state index contributed by atoms with van der Waals surface area (Å²) < 4.78 is 7.62. The topological polar surface area (TPSA) is 42.3 Å². The standard InChI is InChI=1S/C13H22N4O/c1-18-10-12(8-15-11-2-3-11)17-7-6-16-5-4-14-13(16)9-17/h4-5,11-12,15H,2-3,6-10H2,1H3. The molecule has 5 heteroatoms. The fourth-order valence-electron chi connectivity index (χ4n) is 2.58. The van der Waals surface area contributed by atoms with Gasteiger partial charge >= 0.3 is 0 Å². The van der Waals surface area contributed by atoms with Crippen LogP contribution in [0.1, 0.15) is 18.7 Å². The van der Waals surface area contributed by atoms with E-state index in [1.807, 2.05) is 6.20 Å². The molecule has 1 N–H and O–H groups in total. The second-order valence-electron chi connectivity index (χ2n) is 5.30. The smallest absolute Gasteiger partial charge is 0.122 e. The number of rotatable bonds is 6. The Kier molecular flexibility index (Phi) is 3.63. The van der Waals surface area contributed by atoms with Gasteiger partial charge in [0.05, 0.1) is 13.2 Å². The van der Waals surface area contributed by atoms with Gasteiger partial charge in [-0.25, -0.2) is 4.98 Å². The summed E-state index contributed by atoms with van der Waals surface area (Å²) in [6.45, 7) is 4.88. The van der Waals surface area contributed by atoms with E-state index in [0.717, 1.165) is 38.8 Å². The summed E-state index contributed by atoms with van der Waals surface area (Å²) >= 11 is 0. The predicted octanol–water partition coefficient (Wildman–Crippen LogP) is 0.466. The summed E-state index contributed by atoms with van der Waals surface area (Å²) in [6.07, 6.45) is 6.64. The van der Waals surface area contributed by atoms with Crippen molar-refractivity contribution in [2.24, 2.45) is 0 Å². The summed E-state index contributed by atoms with van der Waals surface area (Å²) in [5, 5.41) is 3.61. The van der Waals surface area contributed by atoms with Gasteiger partial charge in [-0.2, -0.15) is 0 Å². The van der Waals surface area contributed by atoms with E-state index in [1.165, 1.54) is 18.7 Å². The average molecular weight is 250 g/mol. The van der Waals surface area contributed by atoms with Crippen molar-refractivity contribution in [3.63, 3.8) is 0 Å². The lowest BCUT2D eigenvalue weighted by molar-refractivity contribution is 0.0703. The van der Waals surface area contributed by atoms with Crippen LogP contribution in [-0.4, -0.2) is 53.3 Å². The number of hydrogen-bond donors (Lipinski definition) is 1. The van der Waals surface area contributed by atoms with Gasteiger partial charge in [0.2, 0.25) is 0 Å². The van der Waals surface area contributed by atoms with E-state index >= 15 is 0 Å². The molecule has 1 saturated carbocycles. The maximum absolute atomic E-state index is 5.37. The second kappa shape index (κ2) is 5.38. The van der Waals surface area contributed by atoms with Gasteiger partial charge < -0.3 is 14.6 Å². The molecule has 1 unspecified atom stereocenters. The lowest BCUT2D eigenvalue weighted by atomic mass is 10.2. The summed E-state index contributed by atoms with van der Waals surface area (Å²) in [6, 6.07) is 1.22. The number of fused-ring (bicyclic) bond motifs is 1. The Balaban J connectivity index is 1.59. The Labute approximate surface area is 108 Å². The minimum absolute atomic E-state index is 0.459. The van der Waals surface area contributed by atoms with Crippen molar-refractivity contribution in [3.05, 3.63) is 18.2 Å². The first kappa shape index (κ1) is 12.1. The van der Waals surface area contributed by atoms with E-state index in [0.29, 0.717) is 6.04 Å². The minimum Gasteiger partial charge on any atom is -0.383 e. The van der Waals surface area contributed by atoms with Crippen molar-refractivity contribution in [1.82, 2.24) is 19.8 Å². The summed E-state index contributed by atoms with van der Waals surface area (Å²) in [7, 11) is 1.79. The molecule has 0 amide bonds. The molecule has 18 heavy (non-hydrogen) atoms. The fraction of sp³-hybridized carbons (Fsp3) is 0.769. The molecule has 1 aromatic heterocycles. The Morgan fingerprint density at radius 3 is 3.17 bits per heavy atom. The van der Waals surface area contributed by atoms with Gasteiger partial charge in [-0.1, -0.05) is 0 Å². The Bertz CT molecular complexity index is 388. The SMILES string of the molecule is COCC(CNC1CC1)N1CCn2ccnc2C1. The molecule has 0 saturated heterocycles. The molecule has 0 radical (unpaired) electrons. The van der Waals surface area contributed by atoms with Crippen molar-refractivity contribution in [1.29, 1.82) is 0 Å². The van der Waals surface area contributed by atoms with Crippen LogP contribution in [0.2, 0.25) is 0 Å². The highest BCUT2D eigenvalue weighted by atomic mass is 16.5. The van der Waals surface area contributed by atoms with Crippen LogP contribution in [0, 0.1) is 0 Å². The molecule has 0 aromatic carbocycles. The van der Waals surface area contributed by atoms with Crippen molar-refractivity contribution < 1.29 is 4.74 Å². The third-order valence-corrected chi connectivity index (χ3v) is 3.87. The third-order valence-electron chi connectivity index (χ3n) is 3.87. The molecule has 1 aliphatic carbocycles. The van der Waals surface area contributed by atoms with Crippen LogP contribution in [0.5, 0.6) is 0 Å². The molecule has 0 spiro atoms. The molecule has 2 aliphatic rings. The Morgan fingerprint density at radius 2 is 2.39 bits per heavy atom. The van der Waals surface area contributed by atoms with Crippen LogP contribution in [-0.2, 0) is 17.8 Å². The first-order valence-electron chi connectivity index (χ1n) is 6.83. The number of nitrogens with zero attached hydrogens (tertiary/aromatic N) is 3. The van der Waals surface area contributed by atoms with Gasteiger partial charge in [0.25, 0.3) is 0 Å². The maximum atomic E-state index is 5.37. The highest BCUT2D eigenvalue weighted by molar-refractivity contribution is 4.97. The van der Waals surface area contributed by atoms with E-state index in [2.05, 4.69) is 26.0 Å². The predicted molar refractivity (Wildman–Crippen MR) is 69.3 cm³/mol. The van der Waals surface area contributed by atoms with Gasteiger partial charge in [0, 0.05) is 51.2 Å². The number of hydrogen-bond acceptors (Lipinski definition) is 4. The molecule has 5 nitrogen and oxygen atoms in total. The first-order chi connectivity index (χ1) is 8.86. The largest absolute Gasteiger partial charge is 0.383 e. The molecule has 1 aliphatic heterocycles. The Morgan fingerprint density at radius 1 is 1.50 bits per heavy atom. The molecular formula is C13H22N4O. The second-order valence-corrected chi connectivity index (χ2v) is 5.30. The summed E-state index contributed by atoms with van der Waals surface area (Å²) in [4.78, 5) is 6.90. The molecule has 1 aromatic rings. The highest BCUT2D eigenvalue weighted by Gasteiger charge is 2.27. The van der Waals surface area contributed by atoms with Crippen molar-refractivity contribution in [2.45, 2.75) is 38.0 Å². The molecular weight excluding hydrogens is 228 g/mol. The molecule has 100 valence electrons. The summed E-state index contributed by atoms with van der Waals surface area (Å²) in [5.74, 6) is 1.17. The van der Waals surface area contributed by atoms with E-state index in [9.17, 15) is 0 Å². The normalized spacial score (nSPS) is 21.8. The average Bonchev–Trinajstić information content (AvgIpc) is 3.10. The van der Waals surface area contributed by atoms with E-state index in [-0.39, 0.29) is 0 Å². The van der Waals surface area contributed by atoms with Crippen LogP contribution in [0.25, 0.3) is 0 Å². The van der Waals surface area contributed by atoms with Gasteiger partial charge in [0.1, 0.15) is 5.82 Å². The van der Waals surface area contributed by atoms with Gasteiger partial charge in [-0.05, 0) is 12.8 Å². The maximum Gasteiger partial charge on any atom is 0.122 e. The van der Waals surface area contributed by atoms with E-state index in [4.69, 9.17) is 4.74 Å². The monoisotopic (exact) mass is 250 g/mol. The van der Waals surface area contributed by atoms with Gasteiger partial charge in [-0.3, -0.25) is 4.90 Å². The third kappa shape index (κ3) is 2.74. The van der Waals surface area contributed by atoms with Gasteiger partial charge in [0.15, 0.2) is 0 Å². The number of ether oxygens (including phenoxy) is 1. The Hall–Kier alpha value is -0.910. The van der Waals surface area contributed by atoms with Crippen molar-refractivity contribution in [2.75, 3.05) is 26.8 Å². The summed E-state index contributed by atoms with van der Waals surface area (Å²) in [5.41, 5.74) is 0. The zero-order valence-corrected chi connectivity index (χ0v) is 11.0. The first-order valence-corrected chi connectivity index (χ1v) is 6.83.